The number of ether oxygens (including phenoxy) is 3. The minimum absolute atomic E-state index is 0.142. The van der Waals surface area contributed by atoms with Crippen molar-refractivity contribution >= 4 is 33.4 Å². The quantitative estimate of drug-likeness (QED) is 0.0236. The molecule has 1 aromatic heterocycles. The highest BCUT2D eigenvalue weighted by Crippen LogP contribution is 2.60. The number of nitrogens with zero attached hydrogens (tertiary/aromatic N) is 2. The number of aromatic nitrogens is 2. The number of anilines is 1. The molecule has 0 amide bonds. The Morgan fingerprint density at radius 1 is 0.813 bits per heavy atom. The number of nitrogens with two attached hydrogens (primary N) is 1. The average molecular weight is 1100 g/mol. The molecule has 1 saturated heterocycles. The molecule has 2 aliphatic heterocycles. The third-order valence-electron chi connectivity index (χ3n) is 12.0. The first-order valence-electron chi connectivity index (χ1n) is 25.9. The minimum Gasteiger partial charge on any atom is -0.461 e. The Balaban J connectivity index is 1.77. The summed E-state index contributed by atoms with van der Waals surface area (Å²) in [6, 6.07) is 1.21. The first kappa shape index (κ1) is 65.1. The number of carbonyl (C=O) groups is 2. The summed E-state index contributed by atoms with van der Waals surface area (Å²) in [5.41, 5.74) is 4.72. The molecule has 0 saturated carbocycles. The van der Waals surface area contributed by atoms with Crippen LogP contribution in [0.3, 0.4) is 0 Å². The van der Waals surface area contributed by atoms with Crippen molar-refractivity contribution in [2.24, 2.45) is 11.8 Å². The first-order valence-corrected chi connectivity index (χ1v) is 28.8. The van der Waals surface area contributed by atoms with Gasteiger partial charge in [-0.25, -0.2) is 13.9 Å². The fourth-order valence-electron chi connectivity index (χ4n) is 7.90. The van der Waals surface area contributed by atoms with E-state index in [1.165, 1.54) is 49.6 Å². The second kappa shape index (κ2) is 36.0. The molecular weight excluding hydrogens is 1020 g/mol. The molecule has 3 rings (SSSR count). The van der Waals surface area contributed by atoms with Gasteiger partial charge in [-0.05, 0) is 63.9 Å². The fraction of sp³-hybridized carbons (Fsp3) is 0.615. The number of rotatable bonds is 23. The van der Waals surface area contributed by atoms with Gasteiger partial charge in [0.1, 0.15) is 30.9 Å². The van der Waals surface area contributed by atoms with E-state index >= 15 is 0 Å². The van der Waals surface area contributed by atoms with Crippen molar-refractivity contribution in [2.75, 3.05) is 25.6 Å². The highest BCUT2D eigenvalue weighted by Gasteiger charge is 2.45. The van der Waals surface area contributed by atoms with E-state index in [-0.39, 0.29) is 25.1 Å². The van der Waals surface area contributed by atoms with Crippen LogP contribution in [0.1, 0.15) is 129 Å². The van der Waals surface area contributed by atoms with E-state index in [9.17, 15) is 58.8 Å². The Morgan fingerprint density at radius 3 is 2.04 bits per heavy atom. The smallest absolute Gasteiger partial charge is 0.461 e. The van der Waals surface area contributed by atoms with Crippen LogP contribution >= 0.6 is 15.6 Å². The lowest BCUT2D eigenvalue weighted by molar-refractivity contribution is -0.194. The normalized spacial score (nSPS) is 30.3. The molecule has 1 fully saturated rings. The summed E-state index contributed by atoms with van der Waals surface area (Å²) in [6.45, 7) is 1.29. The number of cyclic esters (lactones) is 1. The first-order chi connectivity index (χ1) is 35.9. The van der Waals surface area contributed by atoms with Gasteiger partial charge in [-0.15, -0.1) is 0 Å². The van der Waals surface area contributed by atoms with Crippen molar-refractivity contribution in [1.82, 2.24) is 9.55 Å². The number of phosphoric ester groups is 2. The van der Waals surface area contributed by atoms with Gasteiger partial charge in [0.2, 0.25) is 0 Å². The van der Waals surface area contributed by atoms with Crippen LogP contribution in [0.4, 0.5) is 5.82 Å². The Bertz CT molecular complexity index is 2210. The number of allylic oxidation sites excluding steroid dienone is 11. The van der Waals surface area contributed by atoms with Crippen LogP contribution in [-0.2, 0) is 46.3 Å². The summed E-state index contributed by atoms with van der Waals surface area (Å²) in [7, 11) is -11.3. The van der Waals surface area contributed by atoms with Gasteiger partial charge in [-0.1, -0.05) is 131 Å². The lowest BCUT2D eigenvalue weighted by Gasteiger charge is -2.40. The molecule has 422 valence electrons. The third-order valence-corrected chi connectivity index (χ3v) is 14.6. The monoisotopic (exact) mass is 1100 g/mol. The fourth-order valence-corrected chi connectivity index (χ4v) is 10.0. The van der Waals surface area contributed by atoms with Crippen LogP contribution in [0.5, 0.6) is 0 Å². The van der Waals surface area contributed by atoms with Crippen LogP contribution in [0.2, 0.25) is 0 Å². The maximum absolute atomic E-state index is 13.3. The topological polar surface area (TPSA) is 326 Å². The summed E-state index contributed by atoms with van der Waals surface area (Å²) in [6.07, 6.45) is 23.1. The summed E-state index contributed by atoms with van der Waals surface area (Å²) < 4.78 is 58.6. The van der Waals surface area contributed by atoms with Gasteiger partial charge in [0, 0.05) is 30.9 Å². The van der Waals surface area contributed by atoms with Crippen molar-refractivity contribution in [1.29, 1.82) is 0 Å². The second-order valence-corrected chi connectivity index (χ2v) is 21.3. The molecule has 2 aliphatic rings. The van der Waals surface area contributed by atoms with E-state index in [1.807, 2.05) is 25.2 Å². The standard InChI is InChI=1S/C52H81N3O18P2/c1-3-5-7-8-9-10-11-12-13-14-15-16-17-18-19-20-21-22-24-30-48(60)71-40-36-68-47(59)29-26-25-28-42-44(58)35-43(57)41(32-31-39(56)27-23-6-4-2)49(61)50(62)45(38-70-75(66,67)73-74(64,65)69-37-40)72-51(42)55-34-33-46(53)54-52(55)63/h9-10,12-13,15-16,18-19,21-22,25-26,31-34,39-45,49-51,56-58,61-62H,3-8,11,14,17,20,23-24,27-30,35-38H2,1-2H3,(H,64,65)(H,66,67)(H2,53,54,63)/b10-9-,13-12-,16-15-,19-18-,22-21-,26-25-,32-31?/t39-,40-,41+,42-,43-,44+,45-,49+,50-,51-/m1/s1. The minimum atomic E-state index is -5.72. The zero-order valence-corrected chi connectivity index (χ0v) is 44.9. The number of carbonyl (C=O) groups excluding carboxylic acids is 2. The number of esters is 2. The van der Waals surface area contributed by atoms with Gasteiger partial charge in [-0.2, -0.15) is 9.29 Å². The molecule has 2 unspecified atom stereocenters. The SMILES string of the molecule is CCCCC/C=C\C/C=C\C/C=C\C/C=C\C/C=C\CCC(=O)O[C@@H]1COC(=O)C/C=C\C[C@H]2[C@H](n3ccc(N)nc3=O)O[C@H](COP(=O)(O)OP(=O)(O)OC1)[C@@H](O)[C@@H](O)[C@@H](C=C[C@H](O)CCCCC)[C@H](O)C[C@@H]2O. The number of unbranched alkanes of at least 4 members (excludes halogenated alkanes) is 5. The lowest BCUT2D eigenvalue weighted by atomic mass is 9.82. The highest BCUT2D eigenvalue weighted by atomic mass is 31.3. The molecule has 21 nitrogen and oxygen atoms in total. The highest BCUT2D eigenvalue weighted by molar-refractivity contribution is 7.61. The molecule has 75 heavy (non-hydrogen) atoms. The third kappa shape index (κ3) is 26.6. The maximum atomic E-state index is 13.3. The summed E-state index contributed by atoms with van der Waals surface area (Å²) in [5.74, 6) is -4.56. The predicted molar refractivity (Wildman–Crippen MR) is 281 cm³/mol. The second-order valence-electron chi connectivity index (χ2n) is 18.3. The maximum Gasteiger partial charge on any atom is 0.481 e. The van der Waals surface area contributed by atoms with E-state index in [4.69, 9.17) is 29.0 Å². The van der Waals surface area contributed by atoms with Crippen LogP contribution in [0.15, 0.2) is 102 Å². The molecule has 0 aromatic carbocycles. The average Bonchev–Trinajstić information content (AvgIpc) is 3.35. The van der Waals surface area contributed by atoms with E-state index in [1.54, 1.807) is 6.08 Å². The summed E-state index contributed by atoms with van der Waals surface area (Å²) in [5, 5.41) is 57.3. The predicted octanol–water partition coefficient (Wildman–Crippen LogP) is 7.04. The molecule has 23 heteroatoms. The van der Waals surface area contributed by atoms with Gasteiger partial charge < -0.3 is 55.3 Å². The molecule has 0 spiro atoms. The van der Waals surface area contributed by atoms with E-state index in [0.29, 0.717) is 19.3 Å². The van der Waals surface area contributed by atoms with Gasteiger partial charge in [0.05, 0.1) is 44.1 Å². The zero-order valence-electron chi connectivity index (χ0n) is 43.1. The zero-order chi connectivity index (χ0) is 55.1. The summed E-state index contributed by atoms with van der Waals surface area (Å²) in [4.78, 5) is 64.2. The van der Waals surface area contributed by atoms with Crippen molar-refractivity contribution in [3.05, 3.63) is 108 Å². The summed E-state index contributed by atoms with van der Waals surface area (Å²) >= 11 is 0. The van der Waals surface area contributed by atoms with Crippen LogP contribution in [0.25, 0.3) is 0 Å². The molecule has 2 bridgehead atoms. The lowest BCUT2D eigenvalue weighted by Crippen LogP contribution is -2.52. The Hall–Kier alpha value is -4.18. The van der Waals surface area contributed by atoms with Gasteiger partial charge in [0.25, 0.3) is 0 Å². The largest absolute Gasteiger partial charge is 0.481 e. The number of aliphatic hydroxyl groups excluding tert-OH is 5. The number of hydrogen-bond donors (Lipinski definition) is 8. The Morgan fingerprint density at radius 2 is 1.41 bits per heavy atom. The van der Waals surface area contributed by atoms with E-state index < -0.39 is 127 Å². The molecule has 12 atom stereocenters. The Labute approximate surface area is 440 Å². The van der Waals surface area contributed by atoms with E-state index in [0.717, 1.165) is 49.3 Å². The van der Waals surface area contributed by atoms with E-state index in [2.05, 4.69) is 52.7 Å². The molecule has 9 N–H and O–H groups in total. The van der Waals surface area contributed by atoms with Gasteiger partial charge in [-0.3, -0.25) is 23.2 Å². The molecular formula is C52H81N3O18P2. The number of aliphatic hydroxyl groups is 5. The molecule has 1 aromatic rings. The van der Waals surface area contributed by atoms with Crippen LogP contribution in [0, 0.1) is 11.8 Å². The van der Waals surface area contributed by atoms with Crippen LogP contribution < -0.4 is 11.4 Å². The molecule has 3 heterocycles. The number of nitrogen functional groups attached to an aromatic ring is 1. The molecule has 0 aliphatic carbocycles. The van der Waals surface area contributed by atoms with Crippen molar-refractivity contribution in [3.63, 3.8) is 0 Å². The number of fused-ring (bicyclic) bond motifs is 3. The van der Waals surface area contributed by atoms with Crippen molar-refractivity contribution in [3.8, 4) is 0 Å². The number of hydrogen-bond acceptors (Lipinski definition) is 18. The number of phosphoric acid groups is 2. The van der Waals surface area contributed by atoms with Gasteiger partial charge >= 0.3 is 33.3 Å². The van der Waals surface area contributed by atoms with Gasteiger partial charge in [0.15, 0.2) is 6.10 Å². The van der Waals surface area contributed by atoms with Crippen molar-refractivity contribution in [2.45, 2.75) is 172 Å². The van der Waals surface area contributed by atoms with Crippen molar-refractivity contribution < 1.29 is 81.6 Å². The van der Waals surface area contributed by atoms with Crippen LogP contribution in [-0.4, -0.2) is 119 Å². The Kier molecular flexibility index (Phi) is 31.3. The molecule has 0 radical (unpaired) electrons.